The van der Waals surface area contributed by atoms with Crippen molar-refractivity contribution in [2.45, 2.75) is 20.0 Å². The van der Waals surface area contributed by atoms with Gasteiger partial charge in [-0.1, -0.05) is 0 Å². The normalized spacial score (nSPS) is 10.7. The molecule has 10 nitrogen and oxygen atoms in total. The Morgan fingerprint density at radius 1 is 1.29 bits per heavy atom. The van der Waals surface area contributed by atoms with Gasteiger partial charge in [-0.2, -0.15) is 5.10 Å². The van der Waals surface area contributed by atoms with Gasteiger partial charge in [-0.25, -0.2) is 4.98 Å². The smallest absolute Gasteiger partial charge is 0.295 e. The van der Waals surface area contributed by atoms with E-state index in [-0.39, 0.29) is 34.6 Å². The zero-order chi connectivity index (χ0) is 20.3. The van der Waals surface area contributed by atoms with E-state index in [0.717, 1.165) is 0 Å². The first-order valence-electron chi connectivity index (χ1n) is 8.37. The highest BCUT2D eigenvalue weighted by molar-refractivity contribution is 6.12. The van der Waals surface area contributed by atoms with Gasteiger partial charge in [-0.15, -0.1) is 0 Å². The summed E-state index contributed by atoms with van der Waals surface area (Å²) >= 11 is 0. The van der Waals surface area contributed by atoms with Crippen LogP contribution in [-0.4, -0.2) is 32.0 Å². The van der Waals surface area contributed by atoms with Crippen LogP contribution >= 0.6 is 0 Å². The van der Waals surface area contributed by atoms with Gasteiger partial charge in [0.1, 0.15) is 17.8 Å². The lowest BCUT2D eigenvalue weighted by Gasteiger charge is -2.14. The number of anilines is 3. The monoisotopic (exact) mass is 382 g/mol. The van der Waals surface area contributed by atoms with E-state index in [1.165, 1.54) is 18.5 Å². The maximum atomic E-state index is 12.7. The number of rotatable bonds is 7. The van der Waals surface area contributed by atoms with Crippen LogP contribution in [-0.2, 0) is 0 Å². The van der Waals surface area contributed by atoms with Gasteiger partial charge in [0.15, 0.2) is 5.82 Å². The number of nitro groups is 1. The second kappa shape index (κ2) is 7.74. The number of hydrogen-bond donors (Lipinski definition) is 3. The number of H-pyrrole nitrogens is 1. The second-order valence-electron chi connectivity index (χ2n) is 6.20. The number of aromatic nitrogens is 3. The van der Waals surface area contributed by atoms with E-state index < -0.39 is 10.7 Å². The van der Waals surface area contributed by atoms with Crippen LogP contribution in [0.4, 0.5) is 22.7 Å². The Morgan fingerprint density at radius 3 is 2.57 bits per heavy atom. The van der Waals surface area contributed by atoms with Crippen LogP contribution in [0.5, 0.6) is 5.75 Å². The number of nitrogens with zero attached hydrogens (tertiary/aromatic N) is 3. The molecule has 0 saturated carbocycles. The molecule has 144 valence electrons. The zero-order valence-corrected chi connectivity index (χ0v) is 15.2. The van der Waals surface area contributed by atoms with Gasteiger partial charge >= 0.3 is 0 Å². The molecule has 1 aromatic heterocycles. The number of benzene rings is 2. The molecule has 0 bridgehead atoms. The van der Waals surface area contributed by atoms with E-state index >= 15 is 0 Å². The summed E-state index contributed by atoms with van der Waals surface area (Å²) in [6, 6.07) is 9.39. The number of nitrogens with two attached hydrogens (primary N) is 1. The molecule has 1 heterocycles. The number of nitro benzene ring substituents is 1. The number of carbonyl (C=O) groups excluding carboxylic acids is 1. The van der Waals surface area contributed by atoms with Gasteiger partial charge in [-0.3, -0.25) is 20.0 Å². The molecule has 2 aromatic carbocycles. The second-order valence-corrected chi connectivity index (χ2v) is 6.20. The molecule has 0 aliphatic rings. The number of ether oxygens (including phenoxy) is 1. The van der Waals surface area contributed by atoms with Crippen molar-refractivity contribution in [1.82, 2.24) is 15.2 Å². The number of ketones is 1. The quantitative estimate of drug-likeness (QED) is 0.244. The zero-order valence-electron chi connectivity index (χ0n) is 15.2. The molecule has 0 saturated heterocycles. The van der Waals surface area contributed by atoms with Gasteiger partial charge in [0.25, 0.3) is 5.69 Å². The van der Waals surface area contributed by atoms with Crippen LogP contribution in [0, 0.1) is 10.1 Å². The maximum Gasteiger partial charge on any atom is 0.295 e. The number of nitrogen functional groups attached to an aromatic ring is 1. The minimum absolute atomic E-state index is 0.00552. The summed E-state index contributed by atoms with van der Waals surface area (Å²) in [7, 11) is 0. The average Bonchev–Trinajstić information content (AvgIpc) is 3.18. The largest absolute Gasteiger partial charge is 0.491 e. The molecule has 4 N–H and O–H groups in total. The Bertz CT molecular complexity index is 1000. The van der Waals surface area contributed by atoms with Gasteiger partial charge in [-0.05, 0) is 44.2 Å². The molecular weight excluding hydrogens is 364 g/mol. The van der Waals surface area contributed by atoms with Crippen molar-refractivity contribution in [2.75, 3.05) is 11.1 Å². The predicted molar refractivity (Wildman–Crippen MR) is 103 cm³/mol. The topological polar surface area (TPSA) is 149 Å². The number of nitrogens with one attached hydrogen (secondary N) is 2. The lowest BCUT2D eigenvalue weighted by Crippen LogP contribution is -2.10. The third kappa shape index (κ3) is 4.06. The summed E-state index contributed by atoms with van der Waals surface area (Å²) in [6.45, 7) is 3.82. The number of aromatic amines is 1. The van der Waals surface area contributed by atoms with Crippen LogP contribution in [0.1, 0.15) is 30.0 Å². The Kier molecular flexibility index (Phi) is 5.21. The van der Waals surface area contributed by atoms with Crippen LogP contribution in [0.15, 0.2) is 42.7 Å². The molecule has 0 fully saturated rings. The molecule has 3 aromatic rings. The van der Waals surface area contributed by atoms with E-state index in [9.17, 15) is 14.9 Å². The molecule has 10 heteroatoms. The fourth-order valence-corrected chi connectivity index (χ4v) is 2.58. The van der Waals surface area contributed by atoms with Crippen molar-refractivity contribution in [3.63, 3.8) is 0 Å². The fraction of sp³-hybridized carbons (Fsp3) is 0.167. The van der Waals surface area contributed by atoms with E-state index in [0.29, 0.717) is 11.4 Å². The number of carbonyl (C=O) groups is 1. The van der Waals surface area contributed by atoms with Crippen molar-refractivity contribution in [3.8, 4) is 5.75 Å². The van der Waals surface area contributed by atoms with Crippen LogP contribution in [0.25, 0.3) is 0 Å². The van der Waals surface area contributed by atoms with Crippen molar-refractivity contribution in [1.29, 1.82) is 0 Å². The van der Waals surface area contributed by atoms with Crippen LogP contribution in [0.3, 0.4) is 0 Å². The Balaban J connectivity index is 2.03. The molecular formula is C18H18N6O4. The maximum absolute atomic E-state index is 12.7. The van der Waals surface area contributed by atoms with Crippen LogP contribution in [0.2, 0.25) is 0 Å². The van der Waals surface area contributed by atoms with Crippen molar-refractivity contribution >= 4 is 28.5 Å². The molecule has 0 unspecified atom stereocenters. The first-order chi connectivity index (χ1) is 13.3. The molecule has 0 spiro atoms. The summed E-state index contributed by atoms with van der Waals surface area (Å²) in [4.78, 5) is 27.5. The first-order valence-corrected chi connectivity index (χ1v) is 8.37. The Labute approximate surface area is 159 Å². The molecule has 0 amide bonds. The van der Waals surface area contributed by atoms with Crippen molar-refractivity contribution < 1.29 is 14.5 Å². The Hall–Kier alpha value is -3.95. The summed E-state index contributed by atoms with van der Waals surface area (Å²) in [6.07, 6.45) is 1.19. The van der Waals surface area contributed by atoms with Crippen LogP contribution < -0.4 is 15.8 Å². The summed E-state index contributed by atoms with van der Waals surface area (Å²) in [5, 5.41) is 20.6. The third-order valence-electron chi connectivity index (χ3n) is 3.71. The van der Waals surface area contributed by atoms with Crippen molar-refractivity contribution in [3.05, 3.63) is 64.2 Å². The molecule has 28 heavy (non-hydrogen) atoms. The third-order valence-corrected chi connectivity index (χ3v) is 3.71. The standard InChI is InChI=1S/C18H18N6O4/c1-10(2)28-13-5-3-12(4-6-13)22-16-14(17(25)18-20-9-21-23-18)7-11(19)8-15(16)24(26)27/h3-10,22H,19H2,1-2H3,(H,20,21,23). The molecule has 0 radical (unpaired) electrons. The lowest BCUT2D eigenvalue weighted by molar-refractivity contribution is -0.383. The number of hydrogen-bond acceptors (Lipinski definition) is 8. The minimum Gasteiger partial charge on any atom is -0.491 e. The van der Waals surface area contributed by atoms with E-state index in [4.69, 9.17) is 10.5 Å². The molecule has 0 atom stereocenters. The molecule has 0 aliphatic carbocycles. The summed E-state index contributed by atoms with van der Waals surface area (Å²) in [5.41, 5.74) is 6.08. The highest BCUT2D eigenvalue weighted by Gasteiger charge is 2.25. The summed E-state index contributed by atoms with van der Waals surface area (Å²) in [5.74, 6) is 0.0316. The van der Waals surface area contributed by atoms with Gasteiger partial charge < -0.3 is 15.8 Å². The SMILES string of the molecule is CC(C)Oc1ccc(Nc2c(C(=O)c3ncn[nH]3)cc(N)cc2[N+](=O)[O-])cc1. The van der Waals surface area contributed by atoms with Crippen molar-refractivity contribution in [2.24, 2.45) is 0 Å². The van der Waals surface area contributed by atoms with Gasteiger partial charge in [0.2, 0.25) is 5.78 Å². The molecule has 0 aliphatic heterocycles. The minimum atomic E-state index is -0.605. The molecule has 3 rings (SSSR count). The van der Waals surface area contributed by atoms with E-state index in [1.54, 1.807) is 24.3 Å². The summed E-state index contributed by atoms with van der Waals surface area (Å²) < 4.78 is 5.58. The Morgan fingerprint density at radius 2 is 2.00 bits per heavy atom. The average molecular weight is 382 g/mol. The van der Waals surface area contributed by atoms with E-state index in [2.05, 4.69) is 20.5 Å². The van der Waals surface area contributed by atoms with E-state index in [1.807, 2.05) is 13.8 Å². The highest BCUT2D eigenvalue weighted by atomic mass is 16.6. The van der Waals surface area contributed by atoms with Gasteiger partial charge in [0.05, 0.1) is 16.6 Å². The van der Waals surface area contributed by atoms with Gasteiger partial charge in [0, 0.05) is 17.4 Å². The lowest BCUT2D eigenvalue weighted by atomic mass is 10.0. The highest BCUT2D eigenvalue weighted by Crippen LogP contribution is 2.35. The predicted octanol–water partition coefficient (Wildman–Crippen LogP) is 3.06. The fourth-order valence-electron chi connectivity index (χ4n) is 2.58. The first kappa shape index (κ1) is 18.8.